The van der Waals surface area contributed by atoms with Gasteiger partial charge in [0.05, 0.1) is 6.10 Å². The van der Waals surface area contributed by atoms with Gasteiger partial charge < -0.3 is 14.9 Å². The molecule has 1 saturated heterocycles. The third-order valence-corrected chi connectivity index (χ3v) is 3.84. The maximum Gasteiger partial charge on any atom is 0.222 e. The van der Waals surface area contributed by atoms with E-state index in [-0.39, 0.29) is 12.0 Å². The third kappa shape index (κ3) is 6.21. The summed E-state index contributed by atoms with van der Waals surface area (Å²) in [5, 5.41) is 9.87. The van der Waals surface area contributed by atoms with Crippen molar-refractivity contribution >= 4 is 5.91 Å². The predicted molar refractivity (Wildman–Crippen MR) is 77.9 cm³/mol. The molecule has 0 spiro atoms. The van der Waals surface area contributed by atoms with E-state index in [0.29, 0.717) is 12.3 Å². The van der Waals surface area contributed by atoms with Crippen molar-refractivity contribution in [3.63, 3.8) is 0 Å². The van der Waals surface area contributed by atoms with E-state index < -0.39 is 0 Å². The first-order chi connectivity index (χ1) is 9.02. The Hall–Kier alpha value is -0.870. The van der Waals surface area contributed by atoms with Gasteiger partial charge in [0.25, 0.3) is 0 Å². The molecule has 1 rings (SSSR count). The molecule has 1 amide bonds. The molecule has 0 saturated carbocycles. The third-order valence-electron chi connectivity index (χ3n) is 3.84. The average molecular weight is 268 g/mol. The van der Waals surface area contributed by atoms with Crippen LogP contribution in [0.2, 0.25) is 0 Å². The molecule has 0 bridgehead atoms. The van der Waals surface area contributed by atoms with Crippen LogP contribution in [0, 0.1) is 5.92 Å². The van der Waals surface area contributed by atoms with Gasteiger partial charge in [0.1, 0.15) is 0 Å². The Balaban J connectivity index is 2.21. The first-order valence-corrected chi connectivity index (χ1v) is 7.24. The minimum Gasteiger partial charge on any atom is -0.392 e. The molecule has 1 fully saturated rings. The lowest BCUT2D eigenvalue weighted by Gasteiger charge is -2.33. The molecule has 1 aliphatic heterocycles. The SMILES string of the molecule is C=CCCC(O)CN1CCC(CC(=O)N(C)C)CC1. The second kappa shape index (κ2) is 8.33. The molecule has 0 aromatic heterocycles. The van der Waals surface area contributed by atoms with Crippen LogP contribution < -0.4 is 0 Å². The Morgan fingerprint density at radius 2 is 2.11 bits per heavy atom. The number of carbonyl (C=O) groups is 1. The van der Waals surface area contributed by atoms with Crippen LogP contribution in [0.1, 0.15) is 32.1 Å². The quantitative estimate of drug-likeness (QED) is 0.712. The summed E-state index contributed by atoms with van der Waals surface area (Å²) in [6, 6.07) is 0. The smallest absolute Gasteiger partial charge is 0.222 e. The number of rotatable bonds is 7. The average Bonchev–Trinajstić information content (AvgIpc) is 2.38. The number of likely N-dealkylation sites (tertiary alicyclic amines) is 1. The maximum atomic E-state index is 11.7. The fourth-order valence-corrected chi connectivity index (χ4v) is 2.50. The van der Waals surface area contributed by atoms with Gasteiger partial charge in [-0.2, -0.15) is 0 Å². The van der Waals surface area contributed by atoms with Gasteiger partial charge in [-0.15, -0.1) is 6.58 Å². The lowest BCUT2D eigenvalue weighted by atomic mass is 9.93. The Morgan fingerprint density at radius 1 is 1.47 bits per heavy atom. The first kappa shape index (κ1) is 16.2. The molecule has 4 heteroatoms. The summed E-state index contributed by atoms with van der Waals surface area (Å²) in [4.78, 5) is 15.6. The van der Waals surface area contributed by atoms with Crippen LogP contribution in [0.3, 0.4) is 0 Å². The summed E-state index contributed by atoms with van der Waals surface area (Å²) in [5.74, 6) is 0.737. The number of carbonyl (C=O) groups excluding carboxylic acids is 1. The maximum absolute atomic E-state index is 11.7. The molecule has 1 unspecified atom stereocenters. The van der Waals surface area contributed by atoms with E-state index in [4.69, 9.17) is 0 Å². The van der Waals surface area contributed by atoms with Crippen LogP contribution in [0.5, 0.6) is 0 Å². The number of piperidine rings is 1. The zero-order chi connectivity index (χ0) is 14.3. The van der Waals surface area contributed by atoms with Gasteiger partial charge in [-0.3, -0.25) is 4.79 Å². The van der Waals surface area contributed by atoms with Crippen molar-refractivity contribution in [2.24, 2.45) is 5.92 Å². The lowest BCUT2D eigenvalue weighted by molar-refractivity contribution is -0.130. The number of hydrogen-bond donors (Lipinski definition) is 1. The minimum absolute atomic E-state index is 0.226. The molecule has 0 aromatic rings. The molecular weight excluding hydrogens is 240 g/mol. The van der Waals surface area contributed by atoms with Crippen molar-refractivity contribution in [1.82, 2.24) is 9.80 Å². The molecule has 0 aromatic carbocycles. The van der Waals surface area contributed by atoms with Crippen molar-refractivity contribution < 1.29 is 9.90 Å². The molecule has 1 heterocycles. The summed E-state index contributed by atoms with van der Waals surface area (Å²) in [6.45, 7) is 6.42. The van der Waals surface area contributed by atoms with Crippen LogP contribution in [-0.2, 0) is 4.79 Å². The first-order valence-electron chi connectivity index (χ1n) is 7.24. The van der Waals surface area contributed by atoms with E-state index in [1.54, 1.807) is 4.90 Å². The van der Waals surface area contributed by atoms with Gasteiger partial charge >= 0.3 is 0 Å². The van der Waals surface area contributed by atoms with Crippen molar-refractivity contribution in [3.05, 3.63) is 12.7 Å². The highest BCUT2D eigenvalue weighted by atomic mass is 16.3. The van der Waals surface area contributed by atoms with E-state index in [1.807, 2.05) is 20.2 Å². The number of hydrogen-bond acceptors (Lipinski definition) is 3. The van der Waals surface area contributed by atoms with Crippen molar-refractivity contribution in [1.29, 1.82) is 0 Å². The fraction of sp³-hybridized carbons (Fsp3) is 0.800. The molecule has 19 heavy (non-hydrogen) atoms. The van der Waals surface area contributed by atoms with Crippen molar-refractivity contribution in [3.8, 4) is 0 Å². The highest BCUT2D eigenvalue weighted by Crippen LogP contribution is 2.21. The van der Waals surface area contributed by atoms with Crippen LogP contribution in [0.4, 0.5) is 0 Å². The molecule has 4 nitrogen and oxygen atoms in total. The summed E-state index contributed by atoms with van der Waals surface area (Å²) >= 11 is 0. The standard InChI is InChI=1S/C15H28N2O2/c1-4-5-6-14(18)12-17-9-7-13(8-10-17)11-15(19)16(2)3/h4,13-14,18H,1,5-12H2,2-3H3. The normalized spacial score (nSPS) is 19.1. The molecule has 1 aliphatic rings. The van der Waals surface area contributed by atoms with E-state index >= 15 is 0 Å². The predicted octanol–water partition coefficient (Wildman–Crippen LogP) is 1.50. The Kier molecular flexibility index (Phi) is 7.10. The lowest BCUT2D eigenvalue weighted by Crippen LogP contribution is -2.39. The monoisotopic (exact) mass is 268 g/mol. The van der Waals surface area contributed by atoms with Gasteiger partial charge in [-0.05, 0) is 44.7 Å². The van der Waals surface area contributed by atoms with Gasteiger partial charge in [0, 0.05) is 27.1 Å². The number of nitrogens with zero attached hydrogens (tertiary/aromatic N) is 2. The highest BCUT2D eigenvalue weighted by molar-refractivity contribution is 5.75. The Morgan fingerprint density at radius 3 is 2.63 bits per heavy atom. The second-order valence-electron chi connectivity index (χ2n) is 5.76. The molecule has 1 atom stereocenters. The molecular formula is C15H28N2O2. The second-order valence-corrected chi connectivity index (χ2v) is 5.76. The zero-order valence-corrected chi connectivity index (χ0v) is 12.3. The summed E-state index contributed by atoms with van der Waals surface area (Å²) in [6.07, 6.45) is 6.05. The Bertz CT molecular complexity index is 284. The largest absolute Gasteiger partial charge is 0.392 e. The fourth-order valence-electron chi connectivity index (χ4n) is 2.50. The minimum atomic E-state index is -0.252. The van der Waals surface area contributed by atoms with Gasteiger partial charge in [0.15, 0.2) is 0 Å². The molecule has 1 N–H and O–H groups in total. The molecule has 110 valence electrons. The van der Waals surface area contributed by atoms with Crippen LogP contribution in [0.25, 0.3) is 0 Å². The summed E-state index contributed by atoms with van der Waals surface area (Å²) in [7, 11) is 3.63. The number of aliphatic hydroxyl groups excluding tert-OH is 1. The molecule has 0 aliphatic carbocycles. The van der Waals surface area contributed by atoms with Gasteiger partial charge in [-0.25, -0.2) is 0 Å². The number of aliphatic hydroxyl groups is 1. The molecule has 0 radical (unpaired) electrons. The van der Waals surface area contributed by atoms with Gasteiger partial charge in [0.2, 0.25) is 5.91 Å². The van der Waals surface area contributed by atoms with Crippen molar-refractivity contribution in [2.75, 3.05) is 33.7 Å². The van der Waals surface area contributed by atoms with Crippen LogP contribution in [-0.4, -0.2) is 60.6 Å². The van der Waals surface area contributed by atoms with Crippen LogP contribution in [0.15, 0.2) is 12.7 Å². The summed E-state index contributed by atoms with van der Waals surface area (Å²) in [5.41, 5.74) is 0. The summed E-state index contributed by atoms with van der Waals surface area (Å²) < 4.78 is 0. The number of amides is 1. The van der Waals surface area contributed by atoms with Crippen LogP contribution >= 0.6 is 0 Å². The topological polar surface area (TPSA) is 43.8 Å². The van der Waals surface area contributed by atoms with E-state index in [0.717, 1.165) is 45.3 Å². The van der Waals surface area contributed by atoms with E-state index in [9.17, 15) is 9.90 Å². The zero-order valence-electron chi connectivity index (χ0n) is 12.3. The van der Waals surface area contributed by atoms with Gasteiger partial charge in [-0.1, -0.05) is 6.08 Å². The number of β-amino-alcohol motifs (C(OH)–C–C–N with tert-alkyl or cyclic N) is 1. The van der Waals surface area contributed by atoms with Crippen molar-refractivity contribution in [2.45, 2.75) is 38.2 Å². The number of allylic oxidation sites excluding steroid dienone is 1. The Labute approximate surface area is 117 Å². The highest BCUT2D eigenvalue weighted by Gasteiger charge is 2.23. The van der Waals surface area contributed by atoms with E-state index in [2.05, 4.69) is 11.5 Å². The van der Waals surface area contributed by atoms with E-state index in [1.165, 1.54) is 0 Å².